The van der Waals surface area contributed by atoms with Crippen LogP contribution in [0.5, 0.6) is 11.5 Å². The van der Waals surface area contributed by atoms with Gasteiger partial charge < -0.3 is 20.3 Å². The van der Waals surface area contributed by atoms with Gasteiger partial charge in [0.1, 0.15) is 11.5 Å². The second kappa shape index (κ2) is 6.10. The van der Waals surface area contributed by atoms with Gasteiger partial charge in [-0.2, -0.15) is 0 Å². The summed E-state index contributed by atoms with van der Waals surface area (Å²) in [5.41, 5.74) is 6.21. The Kier molecular flexibility index (Phi) is 4.78. The summed E-state index contributed by atoms with van der Waals surface area (Å²) in [6.45, 7) is 0.0930. The molecule has 0 aliphatic rings. The Hall–Kier alpha value is -1.75. The van der Waals surface area contributed by atoms with Crippen LogP contribution in [0.2, 0.25) is 0 Å². The van der Waals surface area contributed by atoms with E-state index in [0.29, 0.717) is 17.9 Å². The highest BCUT2D eigenvalue weighted by molar-refractivity contribution is 5.71. The largest absolute Gasteiger partial charge is 0.497 e. The first-order valence-corrected chi connectivity index (χ1v) is 5.26. The lowest BCUT2D eigenvalue weighted by atomic mass is 9.98. The summed E-state index contributed by atoms with van der Waals surface area (Å²) in [4.78, 5) is 10.9. The second-order valence-corrected chi connectivity index (χ2v) is 3.65. The van der Waals surface area contributed by atoms with Crippen molar-refractivity contribution in [1.29, 1.82) is 0 Å². The zero-order chi connectivity index (χ0) is 12.8. The molecule has 1 aromatic carbocycles. The summed E-state index contributed by atoms with van der Waals surface area (Å²) in [5, 5.41) is 8.97. The first-order chi connectivity index (χ1) is 8.12. The fraction of sp³-hybridized carbons (Fsp3) is 0.417. The summed E-state index contributed by atoms with van der Waals surface area (Å²) >= 11 is 0. The molecule has 0 aliphatic carbocycles. The minimum Gasteiger partial charge on any atom is -0.497 e. The van der Waals surface area contributed by atoms with Gasteiger partial charge in [-0.15, -0.1) is 0 Å². The standard InChI is InChI=1S/C12H17NO4/c1-16-10-3-4-11(17-2)8(6-10)5-9(7-13)12(14)15/h3-4,6,9H,5,7,13H2,1-2H3,(H,14,15). The lowest BCUT2D eigenvalue weighted by Gasteiger charge is -2.14. The molecule has 0 saturated heterocycles. The molecule has 0 spiro atoms. The van der Waals surface area contributed by atoms with Crippen molar-refractivity contribution in [1.82, 2.24) is 0 Å². The van der Waals surface area contributed by atoms with Crippen molar-refractivity contribution in [2.75, 3.05) is 20.8 Å². The third-order valence-corrected chi connectivity index (χ3v) is 2.59. The predicted octanol–water partition coefficient (Wildman–Crippen LogP) is 0.906. The van der Waals surface area contributed by atoms with Gasteiger partial charge in [-0.1, -0.05) is 0 Å². The van der Waals surface area contributed by atoms with Crippen molar-refractivity contribution in [2.24, 2.45) is 11.7 Å². The maximum Gasteiger partial charge on any atom is 0.308 e. The molecule has 1 unspecified atom stereocenters. The van der Waals surface area contributed by atoms with Crippen LogP contribution in [0.1, 0.15) is 5.56 Å². The average molecular weight is 239 g/mol. The molecule has 94 valence electrons. The molecule has 1 aromatic rings. The van der Waals surface area contributed by atoms with E-state index in [9.17, 15) is 4.79 Å². The molecular formula is C12H17NO4. The maximum atomic E-state index is 10.9. The SMILES string of the molecule is COc1ccc(OC)c(CC(CN)C(=O)O)c1. The van der Waals surface area contributed by atoms with Crippen molar-refractivity contribution in [3.63, 3.8) is 0 Å². The third-order valence-electron chi connectivity index (χ3n) is 2.59. The molecule has 0 aromatic heterocycles. The average Bonchev–Trinajstić information content (AvgIpc) is 2.35. The Morgan fingerprint density at radius 2 is 2.12 bits per heavy atom. The van der Waals surface area contributed by atoms with Crippen LogP contribution in [-0.4, -0.2) is 31.8 Å². The van der Waals surface area contributed by atoms with E-state index in [1.807, 2.05) is 0 Å². The highest BCUT2D eigenvalue weighted by atomic mass is 16.5. The summed E-state index contributed by atoms with van der Waals surface area (Å²) in [6.07, 6.45) is 0.326. The quantitative estimate of drug-likeness (QED) is 0.771. The number of carboxylic acid groups (broad SMARTS) is 1. The number of hydrogen-bond acceptors (Lipinski definition) is 4. The number of nitrogens with two attached hydrogens (primary N) is 1. The Morgan fingerprint density at radius 1 is 1.41 bits per heavy atom. The van der Waals surface area contributed by atoms with Crippen LogP contribution in [0.15, 0.2) is 18.2 Å². The minimum absolute atomic E-state index is 0.0930. The van der Waals surface area contributed by atoms with Gasteiger partial charge in [0.15, 0.2) is 0 Å². The van der Waals surface area contributed by atoms with Crippen LogP contribution < -0.4 is 15.2 Å². The van der Waals surface area contributed by atoms with Crippen molar-refractivity contribution < 1.29 is 19.4 Å². The Labute approximate surface area is 100 Å². The maximum absolute atomic E-state index is 10.9. The first kappa shape index (κ1) is 13.3. The van der Waals surface area contributed by atoms with Gasteiger partial charge in [0.25, 0.3) is 0 Å². The molecule has 1 atom stereocenters. The van der Waals surface area contributed by atoms with Gasteiger partial charge in [-0.05, 0) is 30.2 Å². The van der Waals surface area contributed by atoms with Crippen LogP contribution in [-0.2, 0) is 11.2 Å². The Morgan fingerprint density at radius 3 is 2.59 bits per heavy atom. The van der Waals surface area contributed by atoms with Crippen molar-refractivity contribution in [3.8, 4) is 11.5 Å². The van der Waals surface area contributed by atoms with Gasteiger partial charge >= 0.3 is 5.97 Å². The number of carbonyl (C=O) groups is 1. The zero-order valence-electron chi connectivity index (χ0n) is 9.97. The minimum atomic E-state index is -0.905. The van der Waals surface area contributed by atoms with E-state index in [1.165, 1.54) is 0 Å². The number of benzene rings is 1. The molecular weight excluding hydrogens is 222 g/mol. The Balaban J connectivity index is 2.97. The molecule has 0 radical (unpaired) electrons. The van der Waals surface area contributed by atoms with E-state index in [4.69, 9.17) is 20.3 Å². The summed E-state index contributed by atoms with van der Waals surface area (Å²) in [7, 11) is 3.10. The smallest absolute Gasteiger partial charge is 0.308 e. The summed E-state index contributed by atoms with van der Waals surface area (Å²) in [5.74, 6) is -0.208. The van der Waals surface area contributed by atoms with Gasteiger partial charge in [0.05, 0.1) is 20.1 Å². The molecule has 0 saturated carbocycles. The van der Waals surface area contributed by atoms with Gasteiger partial charge in [0.2, 0.25) is 0 Å². The van der Waals surface area contributed by atoms with E-state index < -0.39 is 11.9 Å². The molecule has 0 bridgehead atoms. The second-order valence-electron chi connectivity index (χ2n) is 3.65. The van der Waals surface area contributed by atoms with Crippen molar-refractivity contribution in [3.05, 3.63) is 23.8 Å². The molecule has 17 heavy (non-hydrogen) atoms. The summed E-state index contributed by atoms with van der Waals surface area (Å²) in [6, 6.07) is 5.29. The summed E-state index contributed by atoms with van der Waals surface area (Å²) < 4.78 is 10.3. The highest BCUT2D eigenvalue weighted by Gasteiger charge is 2.18. The molecule has 0 amide bonds. The normalized spacial score (nSPS) is 11.9. The molecule has 0 heterocycles. The molecule has 0 fully saturated rings. The van der Waals surface area contributed by atoms with E-state index in [2.05, 4.69) is 0 Å². The number of hydrogen-bond donors (Lipinski definition) is 2. The molecule has 5 nitrogen and oxygen atoms in total. The number of aliphatic carboxylic acids is 1. The van der Waals surface area contributed by atoms with E-state index in [0.717, 1.165) is 5.56 Å². The topological polar surface area (TPSA) is 81.8 Å². The van der Waals surface area contributed by atoms with Crippen molar-refractivity contribution >= 4 is 5.97 Å². The lowest BCUT2D eigenvalue weighted by molar-refractivity contribution is -0.141. The first-order valence-electron chi connectivity index (χ1n) is 5.26. The van der Waals surface area contributed by atoms with Crippen LogP contribution >= 0.6 is 0 Å². The fourth-order valence-corrected chi connectivity index (χ4v) is 1.58. The van der Waals surface area contributed by atoms with Crippen LogP contribution in [0.25, 0.3) is 0 Å². The van der Waals surface area contributed by atoms with Gasteiger partial charge in [-0.3, -0.25) is 4.79 Å². The van der Waals surface area contributed by atoms with Crippen molar-refractivity contribution in [2.45, 2.75) is 6.42 Å². The highest BCUT2D eigenvalue weighted by Crippen LogP contribution is 2.26. The predicted molar refractivity (Wildman–Crippen MR) is 63.4 cm³/mol. The molecule has 1 rings (SSSR count). The third kappa shape index (κ3) is 3.35. The lowest BCUT2D eigenvalue weighted by Crippen LogP contribution is -2.25. The van der Waals surface area contributed by atoms with Crippen LogP contribution in [0.3, 0.4) is 0 Å². The van der Waals surface area contributed by atoms with Crippen LogP contribution in [0, 0.1) is 5.92 Å². The fourth-order valence-electron chi connectivity index (χ4n) is 1.58. The molecule has 3 N–H and O–H groups in total. The zero-order valence-corrected chi connectivity index (χ0v) is 9.97. The van der Waals surface area contributed by atoms with Gasteiger partial charge in [0, 0.05) is 6.54 Å². The van der Waals surface area contributed by atoms with E-state index >= 15 is 0 Å². The Bertz CT molecular complexity index is 392. The number of methoxy groups -OCH3 is 2. The monoisotopic (exact) mass is 239 g/mol. The van der Waals surface area contributed by atoms with E-state index in [-0.39, 0.29) is 6.54 Å². The number of ether oxygens (including phenoxy) is 2. The molecule has 5 heteroatoms. The number of rotatable bonds is 6. The van der Waals surface area contributed by atoms with Gasteiger partial charge in [-0.25, -0.2) is 0 Å². The number of carboxylic acids is 1. The van der Waals surface area contributed by atoms with E-state index in [1.54, 1.807) is 32.4 Å². The molecule has 0 aliphatic heterocycles. The van der Waals surface area contributed by atoms with Crippen LogP contribution in [0.4, 0.5) is 0 Å².